The number of urea groups is 1. The fraction of sp³-hybridized carbons (Fsp3) is 0.350. The van der Waals surface area contributed by atoms with Crippen LogP contribution in [0.25, 0.3) is 0 Å². The molecule has 2 amide bonds. The zero-order valence-electron chi connectivity index (χ0n) is 15.1. The second kappa shape index (κ2) is 10.2. The van der Waals surface area contributed by atoms with Crippen LogP contribution in [0.4, 0.5) is 10.5 Å². The lowest BCUT2D eigenvalue weighted by atomic mass is 10.3. The van der Waals surface area contributed by atoms with Crippen LogP contribution >= 0.6 is 11.6 Å². The van der Waals surface area contributed by atoms with Gasteiger partial charge in [-0.2, -0.15) is 0 Å². The molecule has 2 aromatic carbocycles. The van der Waals surface area contributed by atoms with Crippen molar-refractivity contribution >= 4 is 23.3 Å². The minimum absolute atomic E-state index is 0.257. The molecular weight excluding hydrogens is 366 g/mol. The SMILES string of the molecule is O=C(NCCCN1CCOCC1)Nc1ccccc1Oc1ccccc1Cl. The number of ether oxygens (including phenoxy) is 2. The molecule has 2 aromatic rings. The van der Waals surface area contributed by atoms with E-state index < -0.39 is 0 Å². The Balaban J connectivity index is 1.48. The molecule has 1 aliphatic heterocycles. The molecule has 1 saturated heterocycles. The van der Waals surface area contributed by atoms with Crippen LogP contribution in [0.3, 0.4) is 0 Å². The average molecular weight is 390 g/mol. The number of rotatable bonds is 7. The summed E-state index contributed by atoms with van der Waals surface area (Å²) in [6.07, 6.45) is 0.894. The first kappa shape index (κ1) is 19.5. The van der Waals surface area contributed by atoms with E-state index in [0.717, 1.165) is 39.3 Å². The molecule has 0 aromatic heterocycles. The number of carbonyl (C=O) groups is 1. The van der Waals surface area contributed by atoms with Crippen molar-refractivity contribution in [3.05, 3.63) is 53.6 Å². The lowest BCUT2D eigenvalue weighted by molar-refractivity contribution is 0.0375. The molecule has 0 unspecified atom stereocenters. The van der Waals surface area contributed by atoms with Gasteiger partial charge in [0, 0.05) is 19.6 Å². The summed E-state index contributed by atoms with van der Waals surface area (Å²) in [6.45, 7) is 5.05. The summed E-state index contributed by atoms with van der Waals surface area (Å²) in [5.41, 5.74) is 0.586. The van der Waals surface area contributed by atoms with Gasteiger partial charge in [0.25, 0.3) is 0 Å². The predicted molar refractivity (Wildman–Crippen MR) is 107 cm³/mol. The quantitative estimate of drug-likeness (QED) is 0.703. The Hall–Kier alpha value is -2.28. The van der Waals surface area contributed by atoms with Gasteiger partial charge in [0.05, 0.1) is 23.9 Å². The molecule has 3 rings (SSSR count). The van der Waals surface area contributed by atoms with Crippen LogP contribution < -0.4 is 15.4 Å². The molecule has 144 valence electrons. The van der Waals surface area contributed by atoms with Crippen molar-refractivity contribution in [2.24, 2.45) is 0 Å². The molecule has 27 heavy (non-hydrogen) atoms. The number of nitrogens with zero attached hydrogens (tertiary/aromatic N) is 1. The third-order valence-corrected chi connectivity index (χ3v) is 4.54. The molecule has 0 aliphatic carbocycles. The van der Waals surface area contributed by atoms with Crippen LogP contribution in [0, 0.1) is 0 Å². The van der Waals surface area contributed by atoms with Gasteiger partial charge in [0.1, 0.15) is 5.75 Å². The van der Waals surface area contributed by atoms with Gasteiger partial charge in [-0.05, 0) is 37.2 Å². The Morgan fingerprint density at radius 3 is 2.56 bits per heavy atom. The van der Waals surface area contributed by atoms with Crippen LogP contribution in [-0.2, 0) is 4.74 Å². The number of anilines is 1. The summed E-state index contributed by atoms with van der Waals surface area (Å²) in [7, 11) is 0. The van der Waals surface area contributed by atoms with Gasteiger partial charge in [0.15, 0.2) is 5.75 Å². The molecule has 0 saturated carbocycles. The van der Waals surface area contributed by atoms with E-state index in [0.29, 0.717) is 28.8 Å². The number of hydrogen-bond donors (Lipinski definition) is 2. The number of para-hydroxylation sites is 3. The van der Waals surface area contributed by atoms with E-state index in [1.165, 1.54) is 0 Å². The van der Waals surface area contributed by atoms with Crippen molar-refractivity contribution < 1.29 is 14.3 Å². The summed E-state index contributed by atoms with van der Waals surface area (Å²) in [6, 6.07) is 14.2. The second-order valence-electron chi connectivity index (χ2n) is 6.22. The summed E-state index contributed by atoms with van der Waals surface area (Å²) in [5, 5.41) is 6.23. The number of hydrogen-bond acceptors (Lipinski definition) is 4. The van der Waals surface area contributed by atoms with E-state index in [1.807, 2.05) is 24.3 Å². The topological polar surface area (TPSA) is 62.8 Å². The van der Waals surface area contributed by atoms with E-state index >= 15 is 0 Å². The number of carbonyl (C=O) groups excluding carboxylic acids is 1. The van der Waals surface area contributed by atoms with Gasteiger partial charge < -0.3 is 20.1 Å². The summed E-state index contributed by atoms with van der Waals surface area (Å²) in [4.78, 5) is 14.5. The van der Waals surface area contributed by atoms with Crippen molar-refractivity contribution in [1.82, 2.24) is 10.2 Å². The maximum atomic E-state index is 12.2. The number of amides is 2. The second-order valence-corrected chi connectivity index (χ2v) is 6.62. The standard InChI is InChI=1S/C20H24ClN3O3/c21-16-6-1-3-8-18(16)27-19-9-4-2-7-17(19)23-20(25)22-10-5-11-24-12-14-26-15-13-24/h1-4,6-9H,5,10-15H2,(H2,22,23,25). The highest BCUT2D eigenvalue weighted by molar-refractivity contribution is 6.32. The third kappa shape index (κ3) is 6.13. The van der Waals surface area contributed by atoms with Crippen LogP contribution in [0.15, 0.2) is 48.5 Å². The Bertz CT molecular complexity index is 751. The molecule has 6 nitrogen and oxygen atoms in total. The fourth-order valence-electron chi connectivity index (χ4n) is 2.80. The van der Waals surface area contributed by atoms with Gasteiger partial charge in [-0.3, -0.25) is 4.90 Å². The Morgan fingerprint density at radius 1 is 1.07 bits per heavy atom. The maximum Gasteiger partial charge on any atom is 0.319 e. The van der Waals surface area contributed by atoms with Crippen LogP contribution in [-0.4, -0.2) is 50.3 Å². The zero-order valence-corrected chi connectivity index (χ0v) is 15.9. The Kier molecular flexibility index (Phi) is 7.33. The third-order valence-electron chi connectivity index (χ3n) is 4.23. The number of halogens is 1. The molecule has 1 aliphatic rings. The number of morpholine rings is 1. The van der Waals surface area contributed by atoms with E-state index in [2.05, 4.69) is 15.5 Å². The van der Waals surface area contributed by atoms with E-state index in [1.54, 1.807) is 24.3 Å². The van der Waals surface area contributed by atoms with Crippen LogP contribution in [0.1, 0.15) is 6.42 Å². The molecule has 0 bridgehead atoms. The van der Waals surface area contributed by atoms with Crippen LogP contribution in [0.5, 0.6) is 11.5 Å². The van der Waals surface area contributed by atoms with E-state index in [9.17, 15) is 4.79 Å². The van der Waals surface area contributed by atoms with Crippen molar-refractivity contribution in [2.45, 2.75) is 6.42 Å². The highest BCUT2D eigenvalue weighted by atomic mass is 35.5. The van der Waals surface area contributed by atoms with Crippen molar-refractivity contribution in [3.8, 4) is 11.5 Å². The maximum absolute atomic E-state index is 12.2. The van der Waals surface area contributed by atoms with E-state index in [4.69, 9.17) is 21.1 Å². The summed E-state index contributed by atoms with van der Waals surface area (Å²) < 4.78 is 11.2. The molecule has 0 radical (unpaired) electrons. The van der Waals surface area contributed by atoms with Crippen LogP contribution in [0.2, 0.25) is 5.02 Å². The van der Waals surface area contributed by atoms with Crippen molar-refractivity contribution in [1.29, 1.82) is 0 Å². The zero-order chi connectivity index (χ0) is 18.9. The van der Waals surface area contributed by atoms with Gasteiger partial charge in [-0.1, -0.05) is 35.9 Å². The lowest BCUT2D eigenvalue weighted by Crippen LogP contribution is -2.38. The van der Waals surface area contributed by atoms with Gasteiger partial charge in [0.2, 0.25) is 0 Å². The Morgan fingerprint density at radius 2 is 1.78 bits per heavy atom. The van der Waals surface area contributed by atoms with E-state index in [-0.39, 0.29) is 6.03 Å². The predicted octanol–water partition coefficient (Wildman–Crippen LogP) is 3.98. The minimum Gasteiger partial charge on any atom is -0.454 e. The largest absolute Gasteiger partial charge is 0.454 e. The molecule has 0 atom stereocenters. The van der Waals surface area contributed by atoms with Crippen molar-refractivity contribution in [3.63, 3.8) is 0 Å². The molecule has 1 heterocycles. The molecular formula is C20H24ClN3O3. The smallest absolute Gasteiger partial charge is 0.319 e. The molecule has 0 spiro atoms. The first-order valence-corrected chi connectivity index (χ1v) is 9.46. The molecule has 7 heteroatoms. The highest BCUT2D eigenvalue weighted by Crippen LogP contribution is 2.33. The Labute approximate surface area is 164 Å². The normalized spacial score (nSPS) is 14.6. The average Bonchev–Trinajstić information content (AvgIpc) is 2.69. The number of benzene rings is 2. The van der Waals surface area contributed by atoms with Gasteiger partial charge in [-0.15, -0.1) is 0 Å². The fourth-order valence-corrected chi connectivity index (χ4v) is 2.98. The lowest BCUT2D eigenvalue weighted by Gasteiger charge is -2.26. The minimum atomic E-state index is -0.257. The highest BCUT2D eigenvalue weighted by Gasteiger charge is 2.11. The summed E-state index contributed by atoms with van der Waals surface area (Å²) >= 11 is 6.14. The first-order chi connectivity index (χ1) is 13.2. The van der Waals surface area contributed by atoms with Crippen molar-refractivity contribution in [2.75, 3.05) is 44.7 Å². The summed E-state index contributed by atoms with van der Waals surface area (Å²) in [5.74, 6) is 1.08. The first-order valence-electron chi connectivity index (χ1n) is 9.09. The molecule has 2 N–H and O–H groups in total. The van der Waals surface area contributed by atoms with Gasteiger partial charge in [-0.25, -0.2) is 4.79 Å². The van der Waals surface area contributed by atoms with Gasteiger partial charge >= 0.3 is 6.03 Å². The monoisotopic (exact) mass is 389 g/mol. The molecule has 1 fully saturated rings. The number of nitrogens with one attached hydrogen (secondary N) is 2.